The number of para-hydroxylation sites is 1. The molecule has 92 valence electrons. The molecule has 0 atom stereocenters. The number of aryl methyl sites for hydroxylation is 1. The van der Waals surface area contributed by atoms with E-state index < -0.39 is 0 Å². The molecule has 1 heterocycles. The molecule has 0 unspecified atom stereocenters. The lowest BCUT2D eigenvalue weighted by atomic mass is 10.2. The number of nitrogens with zero attached hydrogens (tertiary/aromatic N) is 2. The normalized spacial score (nSPS) is 11.5. The van der Waals surface area contributed by atoms with Gasteiger partial charge in [-0.2, -0.15) is 5.10 Å². The summed E-state index contributed by atoms with van der Waals surface area (Å²) >= 11 is 0. The van der Waals surface area contributed by atoms with Gasteiger partial charge in [0.05, 0.1) is 11.7 Å². The molecule has 0 radical (unpaired) electrons. The summed E-state index contributed by atoms with van der Waals surface area (Å²) in [5.41, 5.74) is 1.23. The molecule has 0 saturated carbocycles. The van der Waals surface area contributed by atoms with Gasteiger partial charge in [0, 0.05) is 11.9 Å². The summed E-state index contributed by atoms with van der Waals surface area (Å²) in [5, 5.41) is 9.10. The van der Waals surface area contributed by atoms with Crippen molar-refractivity contribution in [2.75, 3.05) is 13.1 Å². The van der Waals surface area contributed by atoms with Gasteiger partial charge in [0.2, 0.25) is 0 Å². The van der Waals surface area contributed by atoms with Crippen molar-refractivity contribution in [3.63, 3.8) is 0 Å². The van der Waals surface area contributed by atoms with Gasteiger partial charge < -0.3 is 5.32 Å². The lowest BCUT2D eigenvalue weighted by molar-refractivity contribution is 0.512. The Labute approximate surface area is 103 Å². The third kappa shape index (κ3) is 3.30. The Balaban J connectivity index is 1.83. The highest BCUT2D eigenvalue weighted by Crippen LogP contribution is 2.12. The maximum Gasteiger partial charge on any atom is 0.0682 e. The molecule has 1 N–H and O–H groups in total. The van der Waals surface area contributed by atoms with E-state index in [4.69, 9.17) is 0 Å². The van der Waals surface area contributed by atoms with Gasteiger partial charge in [-0.05, 0) is 31.5 Å². The van der Waals surface area contributed by atoms with Gasteiger partial charge in [0.1, 0.15) is 0 Å². The monoisotopic (exact) mass is 231 g/mol. The van der Waals surface area contributed by atoms with Gasteiger partial charge in [0.15, 0.2) is 0 Å². The standard InChI is InChI=1S/C14H21N3/c1-12(2)10-15-8-5-9-17-14-7-4-3-6-13(14)11-16-17/h3-4,6-7,11-12,15H,5,8-10H2,1-2H3. The zero-order valence-corrected chi connectivity index (χ0v) is 10.7. The van der Waals surface area contributed by atoms with E-state index in [1.165, 1.54) is 10.9 Å². The quantitative estimate of drug-likeness (QED) is 0.775. The van der Waals surface area contributed by atoms with Crippen LogP contribution in [0.1, 0.15) is 20.3 Å². The summed E-state index contributed by atoms with van der Waals surface area (Å²) in [4.78, 5) is 0. The van der Waals surface area contributed by atoms with E-state index in [0.717, 1.165) is 32.0 Å². The first-order chi connectivity index (χ1) is 8.27. The molecule has 0 amide bonds. The van der Waals surface area contributed by atoms with Gasteiger partial charge in [-0.3, -0.25) is 4.68 Å². The average molecular weight is 231 g/mol. The average Bonchev–Trinajstić information content (AvgIpc) is 2.72. The van der Waals surface area contributed by atoms with Crippen molar-refractivity contribution < 1.29 is 0 Å². The molecule has 0 aliphatic rings. The topological polar surface area (TPSA) is 29.9 Å². The molecule has 0 fully saturated rings. The van der Waals surface area contributed by atoms with Crippen molar-refractivity contribution in [2.24, 2.45) is 5.92 Å². The van der Waals surface area contributed by atoms with E-state index in [-0.39, 0.29) is 0 Å². The highest BCUT2D eigenvalue weighted by molar-refractivity contribution is 5.78. The summed E-state index contributed by atoms with van der Waals surface area (Å²) in [6, 6.07) is 8.36. The Morgan fingerprint density at radius 3 is 2.94 bits per heavy atom. The number of aromatic nitrogens is 2. The third-order valence-electron chi connectivity index (χ3n) is 2.83. The van der Waals surface area contributed by atoms with E-state index in [1.807, 2.05) is 6.20 Å². The molecule has 2 rings (SSSR count). The molecule has 3 heteroatoms. The smallest absolute Gasteiger partial charge is 0.0682 e. The van der Waals surface area contributed by atoms with Gasteiger partial charge in [-0.15, -0.1) is 0 Å². The van der Waals surface area contributed by atoms with Crippen LogP contribution in [0.15, 0.2) is 30.5 Å². The number of benzene rings is 1. The van der Waals surface area contributed by atoms with Crippen LogP contribution in [0.5, 0.6) is 0 Å². The second kappa shape index (κ2) is 5.82. The van der Waals surface area contributed by atoms with Crippen molar-refractivity contribution in [1.82, 2.24) is 15.1 Å². The molecular formula is C14H21N3. The SMILES string of the molecule is CC(C)CNCCCn1ncc2ccccc21. The predicted octanol–water partition coefficient (Wildman–Crippen LogP) is 2.67. The molecule has 0 saturated heterocycles. The molecule has 1 aromatic carbocycles. The summed E-state index contributed by atoms with van der Waals surface area (Å²) in [6.45, 7) is 7.60. The Kier molecular flexibility index (Phi) is 4.15. The molecule has 0 spiro atoms. The van der Waals surface area contributed by atoms with Crippen molar-refractivity contribution in [2.45, 2.75) is 26.8 Å². The van der Waals surface area contributed by atoms with E-state index in [1.54, 1.807) is 0 Å². The summed E-state index contributed by atoms with van der Waals surface area (Å²) in [6.07, 6.45) is 3.06. The highest BCUT2D eigenvalue weighted by Gasteiger charge is 2.00. The zero-order chi connectivity index (χ0) is 12.1. The minimum atomic E-state index is 0.723. The fourth-order valence-corrected chi connectivity index (χ4v) is 1.95. The van der Waals surface area contributed by atoms with Crippen molar-refractivity contribution in [1.29, 1.82) is 0 Å². The summed E-state index contributed by atoms with van der Waals surface area (Å²) in [7, 11) is 0. The lowest BCUT2D eigenvalue weighted by Crippen LogP contribution is -2.21. The molecule has 3 nitrogen and oxygen atoms in total. The first kappa shape index (κ1) is 12.1. The first-order valence-corrected chi connectivity index (χ1v) is 6.38. The van der Waals surface area contributed by atoms with Crippen LogP contribution >= 0.6 is 0 Å². The molecular weight excluding hydrogens is 210 g/mol. The number of fused-ring (bicyclic) bond motifs is 1. The van der Waals surface area contributed by atoms with Gasteiger partial charge in [-0.25, -0.2) is 0 Å². The van der Waals surface area contributed by atoms with Crippen molar-refractivity contribution in [3.8, 4) is 0 Å². The van der Waals surface area contributed by atoms with Crippen molar-refractivity contribution >= 4 is 10.9 Å². The molecule has 2 aromatic rings. The van der Waals surface area contributed by atoms with Crippen molar-refractivity contribution in [3.05, 3.63) is 30.5 Å². The molecule has 1 aromatic heterocycles. The Morgan fingerprint density at radius 2 is 2.12 bits per heavy atom. The Hall–Kier alpha value is -1.35. The number of hydrogen-bond acceptors (Lipinski definition) is 2. The highest BCUT2D eigenvalue weighted by atomic mass is 15.3. The molecule has 17 heavy (non-hydrogen) atoms. The van der Waals surface area contributed by atoms with E-state index in [9.17, 15) is 0 Å². The number of rotatable bonds is 6. The van der Waals surface area contributed by atoms with Gasteiger partial charge in [0.25, 0.3) is 0 Å². The largest absolute Gasteiger partial charge is 0.316 e. The van der Waals surface area contributed by atoms with Crippen LogP contribution in [0.3, 0.4) is 0 Å². The molecule has 0 bridgehead atoms. The fraction of sp³-hybridized carbons (Fsp3) is 0.500. The van der Waals surface area contributed by atoms with Crippen LogP contribution in [0.2, 0.25) is 0 Å². The van der Waals surface area contributed by atoms with Gasteiger partial charge in [-0.1, -0.05) is 32.0 Å². The van der Waals surface area contributed by atoms with Crippen LogP contribution in [0.25, 0.3) is 10.9 Å². The van der Waals surface area contributed by atoms with Crippen LogP contribution in [-0.4, -0.2) is 22.9 Å². The summed E-state index contributed by atoms with van der Waals surface area (Å²) < 4.78 is 2.09. The fourth-order valence-electron chi connectivity index (χ4n) is 1.95. The zero-order valence-electron chi connectivity index (χ0n) is 10.7. The first-order valence-electron chi connectivity index (χ1n) is 6.38. The van der Waals surface area contributed by atoms with E-state index in [2.05, 4.69) is 53.2 Å². The maximum atomic E-state index is 4.42. The minimum Gasteiger partial charge on any atom is -0.316 e. The van der Waals surface area contributed by atoms with Gasteiger partial charge >= 0.3 is 0 Å². The number of hydrogen-bond donors (Lipinski definition) is 1. The van der Waals surface area contributed by atoms with Crippen LogP contribution in [-0.2, 0) is 6.54 Å². The predicted molar refractivity (Wildman–Crippen MR) is 72.1 cm³/mol. The van der Waals surface area contributed by atoms with Crippen LogP contribution in [0.4, 0.5) is 0 Å². The van der Waals surface area contributed by atoms with E-state index >= 15 is 0 Å². The van der Waals surface area contributed by atoms with E-state index in [0.29, 0.717) is 0 Å². The lowest BCUT2D eigenvalue weighted by Gasteiger charge is -2.07. The second-order valence-electron chi connectivity index (χ2n) is 4.88. The Bertz CT molecular complexity index is 459. The van der Waals surface area contributed by atoms with Crippen LogP contribution < -0.4 is 5.32 Å². The van der Waals surface area contributed by atoms with Crippen LogP contribution in [0, 0.1) is 5.92 Å². The Morgan fingerprint density at radius 1 is 1.29 bits per heavy atom. The number of nitrogens with one attached hydrogen (secondary N) is 1. The third-order valence-corrected chi connectivity index (χ3v) is 2.83. The molecule has 0 aliphatic carbocycles. The second-order valence-corrected chi connectivity index (χ2v) is 4.88. The maximum absolute atomic E-state index is 4.42. The summed E-state index contributed by atoms with van der Waals surface area (Å²) in [5.74, 6) is 0.723. The minimum absolute atomic E-state index is 0.723. The molecule has 0 aliphatic heterocycles.